The molecule has 5 nitrogen and oxygen atoms in total. The van der Waals surface area contributed by atoms with E-state index in [1.54, 1.807) is 18.1 Å². The van der Waals surface area contributed by atoms with Crippen molar-refractivity contribution < 1.29 is 19.8 Å². The first kappa shape index (κ1) is 12.1. The Hall–Kier alpha value is -0.400. The number of carbonyl (C=O) groups is 2. The highest BCUT2D eigenvalue weighted by Gasteiger charge is 2.62. The number of carboxylic acid groups (broad SMARTS) is 1. The molecule has 2 N–H and O–H groups in total. The Balaban J connectivity index is 2.19. The topological polar surface area (TPSA) is 77.8 Å². The minimum absolute atomic E-state index is 0.135. The van der Waals surface area contributed by atoms with E-state index in [-0.39, 0.29) is 17.8 Å². The van der Waals surface area contributed by atoms with Crippen LogP contribution < -0.4 is 0 Å². The standard InChI is InChI=1S/C9H13NO4S2/c1-4(11)5-6(12)10-3-9(15-2,8(13)14)16-7(5)10/h4-5,7,11H,3H2,1-2H3,(H,13,14)/t4?,5-,7+,9?/m0/s1. The lowest BCUT2D eigenvalue weighted by atomic mass is 9.93. The van der Waals surface area contributed by atoms with Gasteiger partial charge in [-0.1, -0.05) is 0 Å². The monoisotopic (exact) mass is 263 g/mol. The number of hydrogen-bond acceptors (Lipinski definition) is 5. The van der Waals surface area contributed by atoms with Gasteiger partial charge in [-0.15, -0.1) is 23.5 Å². The molecule has 0 aromatic rings. The van der Waals surface area contributed by atoms with E-state index in [1.807, 2.05) is 0 Å². The van der Waals surface area contributed by atoms with Gasteiger partial charge < -0.3 is 15.1 Å². The summed E-state index contributed by atoms with van der Waals surface area (Å²) in [4.78, 5) is 24.4. The maximum Gasteiger partial charge on any atom is 0.332 e. The second-order valence-electron chi connectivity index (χ2n) is 4.00. The molecule has 0 aliphatic carbocycles. The molecule has 2 saturated heterocycles. The van der Waals surface area contributed by atoms with Crippen molar-refractivity contribution in [1.82, 2.24) is 4.90 Å². The quantitative estimate of drug-likeness (QED) is 0.700. The van der Waals surface area contributed by atoms with Crippen molar-refractivity contribution in [2.45, 2.75) is 22.5 Å². The Morgan fingerprint density at radius 1 is 1.75 bits per heavy atom. The third-order valence-electron chi connectivity index (χ3n) is 3.05. The summed E-state index contributed by atoms with van der Waals surface area (Å²) in [5.41, 5.74) is 0. The van der Waals surface area contributed by atoms with Crippen molar-refractivity contribution >= 4 is 35.4 Å². The summed E-state index contributed by atoms with van der Waals surface area (Å²) in [5.74, 6) is -1.49. The molecule has 0 aromatic heterocycles. The number of fused-ring (bicyclic) bond motifs is 1. The lowest BCUT2D eigenvalue weighted by molar-refractivity contribution is -0.155. The number of carboxylic acids is 1. The van der Waals surface area contributed by atoms with Gasteiger partial charge in [0.1, 0.15) is 0 Å². The van der Waals surface area contributed by atoms with Crippen LogP contribution in [0, 0.1) is 5.92 Å². The van der Waals surface area contributed by atoms with Gasteiger partial charge in [0.15, 0.2) is 4.08 Å². The number of rotatable bonds is 3. The van der Waals surface area contributed by atoms with Gasteiger partial charge in [0.05, 0.1) is 23.9 Å². The molecule has 90 valence electrons. The van der Waals surface area contributed by atoms with Crippen LogP contribution in [0.1, 0.15) is 6.92 Å². The molecule has 2 heterocycles. The van der Waals surface area contributed by atoms with E-state index in [9.17, 15) is 19.8 Å². The second kappa shape index (κ2) is 3.82. The average molecular weight is 263 g/mol. The molecule has 2 fully saturated rings. The average Bonchev–Trinajstić information content (AvgIpc) is 2.53. The number of nitrogens with zero attached hydrogens (tertiary/aromatic N) is 1. The predicted molar refractivity (Wildman–Crippen MR) is 62.1 cm³/mol. The van der Waals surface area contributed by atoms with E-state index in [4.69, 9.17) is 0 Å². The van der Waals surface area contributed by atoms with Crippen LogP contribution in [0.3, 0.4) is 0 Å². The molecule has 7 heteroatoms. The van der Waals surface area contributed by atoms with E-state index in [1.165, 1.54) is 23.5 Å². The smallest absolute Gasteiger partial charge is 0.332 e. The van der Waals surface area contributed by atoms with Gasteiger partial charge in [-0.05, 0) is 13.2 Å². The van der Waals surface area contributed by atoms with Gasteiger partial charge in [0.2, 0.25) is 5.91 Å². The number of amides is 1. The van der Waals surface area contributed by atoms with Gasteiger partial charge in [-0.25, -0.2) is 4.79 Å². The number of hydrogen-bond donors (Lipinski definition) is 2. The van der Waals surface area contributed by atoms with Crippen LogP contribution in [0.15, 0.2) is 0 Å². The number of aliphatic hydroxyl groups excluding tert-OH is 1. The van der Waals surface area contributed by atoms with Crippen LogP contribution in [0.4, 0.5) is 0 Å². The van der Waals surface area contributed by atoms with Gasteiger partial charge in [-0.3, -0.25) is 4.79 Å². The third kappa shape index (κ3) is 1.45. The van der Waals surface area contributed by atoms with Crippen molar-refractivity contribution in [2.24, 2.45) is 5.92 Å². The van der Waals surface area contributed by atoms with Gasteiger partial charge in [0.25, 0.3) is 0 Å². The Morgan fingerprint density at radius 3 is 2.81 bits per heavy atom. The number of aliphatic carboxylic acids is 1. The molecule has 0 radical (unpaired) electrons. The lowest BCUT2D eigenvalue weighted by Crippen LogP contribution is -2.60. The highest BCUT2D eigenvalue weighted by atomic mass is 32.2. The Bertz CT molecular complexity index is 348. The van der Waals surface area contributed by atoms with Crippen molar-refractivity contribution in [3.63, 3.8) is 0 Å². The fraction of sp³-hybridized carbons (Fsp3) is 0.778. The number of aliphatic hydroxyl groups is 1. The molecule has 4 atom stereocenters. The van der Waals surface area contributed by atoms with Gasteiger partial charge >= 0.3 is 5.97 Å². The van der Waals surface area contributed by atoms with Crippen LogP contribution in [0.5, 0.6) is 0 Å². The van der Waals surface area contributed by atoms with Crippen LogP contribution in [-0.2, 0) is 9.59 Å². The number of thioether (sulfide) groups is 2. The summed E-state index contributed by atoms with van der Waals surface area (Å²) in [6.07, 6.45) is 1.02. The second-order valence-corrected chi connectivity index (χ2v) is 6.78. The van der Waals surface area contributed by atoms with Crippen molar-refractivity contribution in [3.8, 4) is 0 Å². The summed E-state index contributed by atoms with van der Waals surface area (Å²) in [6, 6.07) is 0. The first-order valence-electron chi connectivity index (χ1n) is 4.88. The van der Waals surface area contributed by atoms with Crippen LogP contribution in [0.2, 0.25) is 0 Å². The zero-order valence-electron chi connectivity index (χ0n) is 8.91. The highest BCUT2D eigenvalue weighted by molar-refractivity contribution is 8.19. The molecule has 0 saturated carbocycles. The lowest BCUT2D eigenvalue weighted by Gasteiger charge is -2.42. The molecular formula is C9H13NO4S2. The molecule has 2 aliphatic heterocycles. The SMILES string of the molecule is CSC1(C(=O)O)CN2C(=O)[C@H](C(C)O)[C@H]2S1. The summed E-state index contributed by atoms with van der Waals surface area (Å²) >= 11 is 2.50. The van der Waals surface area contributed by atoms with E-state index in [0.717, 1.165) is 0 Å². The van der Waals surface area contributed by atoms with Crippen LogP contribution in [0.25, 0.3) is 0 Å². The predicted octanol–water partition coefficient (Wildman–Crippen LogP) is 0.0424. The normalized spacial score (nSPS) is 39.2. The van der Waals surface area contributed by atoms with E-state index < -0.39 is 22.1 Å². The molecule has 0 spiro atoms. The highest BCUT2D eigenvalue weighted by Crippen LogP contribution is 2.54. The number of β-lactam (4-membered cyclic amide) rings is 1. The first-order valence-corrected chi connectivity index (χ1v) is 6.98. The molecule has 16 heavy (non-hydrogen) atoms. The number of carbonyl (C=O) groups excluding carboxylic acids is 1. The molecule has 2 aliphatic rings. The summed E-state index contributed by atoms with van der Waals surface area (Å²) in [5, 5.41) is 18.5. The van der Waals surface area contributed by atoms with Crippen molar-refractivity contribution in [1.29, 1.82) is 0 Å². The third-order valence-corrected chi connectivity index (χ3v) is 6.27. The first-order chi connectivity index (χ1) is 7.43. The maximum atomic E-state index is 11.7. The van der Waals surface area contributed by atoms with Crippen LogP contribution >= 0.6 is 23.5 Å². The fourth-order valence-electron chi connectivity index (χ4n) is 2.07. The van der Waals surface area contributed by atoms with Gasteiger partial charge in [0, 0.05) is 0 Å². The molecule has 0 bridgehead atoms. The zero-order chi connectivity index (χ0) is 12.1. The molecule has 2 rings (SSSR count). The molecule has 1 amide bonds. The van der Waals surface area contributed by atoms with Crippen LogP contribution in [-0.4, -0.2) is 55.3 Å². The van der Waals surface area contributed by atoms with Crippen molar-refractivity contribution in [3.05, 3.63) is 0 Å². The Morgan fingerprint density at radius 2 is 2.38 bits per heavy atom. The van der Waals surface area contributed by atoms with E-state index in [2.05, 4.69) is 0 Å². The summed E-state index contributed by atoms with van der Waals surface area (Å²) < 4.78 is -0.968. The van der Waals surface area contributed by atoms with E-state index >= 15 is 0 Å². The fourth-order valence-corrected chi connectivity index (χ4v) is 4.70. The van der Waals surface area contributed by atoms with E-state index in [0.29, 0.717) is 0 Å². The summed E-state index contributed by atoms with van der Waals surface area (Å²) in [6.45, 7) is 1.79. The summed E-state index contributed by atoms with van der Waals surface area (Å²) in [7, 11) is 0. The zero-order valence-corrected chi connectivity index (χ0v) is 10.5. The largest absolute Gasteiger partial charge is 0.480 e. The minimum Gasteiger partial charge on any atom is -0.480 e. The molecular weight excluding hydrogens is 250 g/mol. The van der Waals surface area contributed by atoms with Crippen molar-refractivity contribution in [2.75, 3.05) is 12.8 Å². The Labute approximate surface area is 102 Å². The molecule has 0 aromatic carbocycles. The maximum absolute atomic E-state index is 11.7. The molecule has 2 unspecified atom stereocenters. The Kier molecular flexibility index (Phi) is 2.88. The van der Waals surface area contributed by atoms with Gasteiger partial charge in [-0.2, -0.15) is 0 Å². The minimum atomic E-state index is -0.968.